The molecule has 0 aliphatic rings. The highest BCUT2D eigenvalue weighted by atomic mass is 16.6. The number of carboxylic acid groups (broad SMARTS) is 1. The molecule has 0 unspecified atom stereocenters. The van der Waals surface area contributed by atoms with Crippen molar-refractivity contribution in [1.82, 2.24) is 4.98 Å². The van der Waals surface area contributed by atoms with Gasteiger partial charge in [-0.3, -0.25) is 10.1 Å². The van der Waals surface area contributed by atoms with Gasteiger partial charge in [0.15, 0.2) is 0 Å². The van der Waals surface area contributed by atoms with Crippen LogP contribution in [0.1, 0.15) is 30.6 Å². The number of aromatic nitrogens is 1. The number of carbonyl (C=O) groups is 1. The van der Waals surface area contributed by atoms with Gasteiger partial charge in [0, 0.05) is 6.07 Å². The molecule has 0 aliphatic heterocycles. The molecular formula is C11H14N2O5. The normalized spacial score (nSPS) is 10.4. The van der Waals surface area contributed by atoms with Crippen LogP contribution in [-0.4, -0.2) is 27.6 Å². The molecule has 7 heteroatoms. The third-order valence-corrected chi connectivity index (χ3v) is 2.23. The highest BCUT2D eigenvalue weighted by Crippen LogP contribution is 2.21. The molecule has 18 heavy (non-hydrogen) atoms. The Balaban J connectivity index is 2.87. The minimum Gasteiger partial charge on any atom is -0.478 e. The van der Waals surface area contributed by atoms with Crippen LogP contribution in [0.15, 0.2) is 12.3 Å². The smallest absolute Gasteiger partial charge is 0.342 e. The lowest BCUT2D eigenvalue weighted by molar-refractivity contribution is -0.385. The fraction of sp³-hybridized carbons (Fsp3) is 0.455. The summed E-state index contributed by atoms with van der Waals surface area (Å²) >= 11 is 0. The van der Waals surface area contributed by atoms with Gasteiger partial charge >= 0.3 is 11.7 Å². The standard InChI is InChI=1S/C11H14N2O5/c1-7(2)3-4-18-10-5-8(11(14)15)9(6-12-10)13(16)17/h5-7H,3-4H2,1-2H3,(H,14,15). The number of nitrogens with zero attached hydrogens (tertiary/aromatic N) is 2. The third kappa shape index (κ3) is 3.69. The fourth-order valence-corrected chi connectivity index (χ4v) is 1.22. The van der Waals surface area contributed by atoms with Crippen LogP contribution < -0.4 is 4.74 Å². The highest BCUT2D eigenvalue weighted by molar-refractivity contribution is 5.92. The Morgan fingerprint density at radius 2 is 2.28 bits per heavy atom. The average Bonchev–Trinajstić information content (AvgIpc) is 2.28. The van der Waals surface area contributed by atoms with Gasteiger partial charge < -0.3 is 9.84 Å². The Kier molecular flexibility index (Phi) is 4.59. The minimum atomic E-state index is -1.38. The molecular weight excluding hydrogens is 240 g/mol. The molecule has 0 radical (unpaired) electrons. The number of carboxylic acids is 1. The molecule has 1 N–H and O–H groups in total. The predicted molar refractivity (Wildman–Crippen MR) is 62.8 cm³/mol. The zero-order valence-electron chi connectivity index (χ0n) is 10.1. The van der Waals surface area contributed by atoms with Gasteiger partial charge in [-0.25, -0.2) is 9.78 Å². The molecule has 0 aliphatic carbocycles. The molecule has 0 saturated carbocycles. The van der Waals surface area contributed by atoms with Crippen LogP contribution in [0.2, 0.25) is 0 Å². The quantitative estimate of drug-likeness (QED) is 0.616. The summed E-state index contributed by atoms with van der Waals surface area (Å²) in [5, 5.41) is 19.5. The van der Waals surface area contributed by atoms with E-state index >= 15 is 0 Å². The maximum Gasteiger partial charge on any atom is 0.342 e. The maximum absolute atomic E-state index is 10.9. The third-order valence-electron chi connectivity index (χ3n) is 2.23. The van der Waals surface area contributed by atoms with Crippen LogP contribution in [0, 0.1) is 16.0 Å². The van der Waals surface area contributed by atoms with E-state index in [9.17, 15) is 14.9 Å². The van der Waals surface area contributed by atoms with Crippen molar-refractivity contribution in [2.24, 2.45) is 5.92 Å². The second kappa shape index (κ2) is 5.95. The van der Waals surface area contributed by atoms with E-state index in [1.54, 1.807) is 0 Å². The molecule has 1 aromatic rings. The van der Waals surface area contributed by atoms with E-state index in [0.717, 1.165) is 18.7 Å². The number of ether oxygens (including phenoxy) is 1. The summed E-state index contributed by atoms with van der Waals surface area (Å²) in [4.78, 5) is 24.4. The number of aromatic carboxylic acids is 1. The first-order chi connectivity index (χ1) is 8.41. The van der Waals surface area contributed by atoms with Crippen molar-refractivity contribution in [3.8, 4) is 5.88 Å². The molecule has 98 valence electrons. The van der Waals surface area contributed by atoms with Gasteiger partial charge in [0.2, 0.25) is 5.88 Å². The van der Waals surface area contributed by atoms with Crippen LogP contribution in [0.25, 0.3) is 0 Å². The van der Waals surface area contributed by atoms with Crippen LogP contribution in [0.4, 0.5) is 5.69 Å². The zero-order valence-corrected chi connectivity index (χ0v) is 10.1. The van der Waals surface area contributed by atoms with E-state index in [2.05, 4.69) is 4.98 Å². The molecule has 0 amide bonds. The molecule has 1 rings (SSSR count). The van der Waals surface area contributed by atoms with Gasteiger partial charge in [0.25, 0.3) is 0 Å². The summed E-state index contributed by atoms with van der Waals surface area (Å²) < 4.78 is 5.25. The molecule has 0 spiro atoms. The van der Waals surface area contributed by atoms with Gasteiger partial charge in [-0.2, -0.15) is 0 Å². The first-order valence-electron chi connectivity index (χ1n) is 5.42. The SMILES string of the molecule is CC(C)CCOc1cc(C(=O)O)c([N+](=O)[O-])cn1. The Morgan fingerprint density at radius 3 is 2.78 bits per heavy atom. The number of rotatable bonds is 6. The van der Waals surface area contributed by atoms with E-state index in [1.807, 2.05) is 13.8 Å². The molecule has 0 bridgehead atoms. The summed E-state index contributed by atoms with van der Waals surface area (Å²) in [6, 6.07) is 1.07. The maximum atomic E-state index is 10.9. The molecule has 0 saturated heterocycles. The largest absolute Gasteiger partial charge is 0.478 e. The first kappa shape index (κ1) is 13.9. The van der Waals surface area contributed by atoms with Crippen molar-refractivity contribution in [3.63, 3.8) is 0 Å². The highest BCUT2D eigenvalue weighted by Gasteiger charge is 2.21. The fourth-order valence-electron chi connectivity index (χ4n) is 1.22. The Morgan fingerprint density at radius 1 is 1.61 bits per heavy atom. The van der Waals surface area contributed by atoms with Gasteiger partial charge in [-0.05, 0) is 12.3 Å². The molecule has 0 fully saturated rings. The van der Waals surface area contributed by atoms with Gasteiger partial charge in [0.05, 0.1) is 11.5 Å². The minimum absolute atomic E-state index is 0.0821. The second-order valence-corrected chi connectivity index (χ2v) is 4.13. The van der Waals surface area contributed by atoms with Crippen molar-refractivity contribution in [3.05, 3.63) is 27.9 Å². The van der Waals surface area contributed by atoms with Crippen LogP contribution in [0.5, 0.6) is 5.88 Å². The Bertz CT molecular complexity index is 459. The second-order valence-electron chi connectivity index (χ2n) is 4.13. The van der Waals surface area contributed by atoms with Crippen molar-refractivity contribution in [2.45, 2.75) is 20.3 Å². The first-order valence-corrected chi connectivity index (χ1v) is 5.42. The zero-order chi connectivity index (χ0) is 13.7. The van der Waals surface area contributed by atoms with Crippen LogP contribution in [-0.2, 0) is 0 Å². The van der Waals surface area contributed by atoms with Crippen molar-refractivity contribution in [1.29, 1.82) is 0 Å². The molecule has 1 heterocycles. The van der Waals surface area contributed by atoms with Crippen molar-refractivity contribution < 1.29 is 19.6 Å². The lowest BCUT2D eigenvalue weighted by Crippen LogP contribution is -2.07. The summed E-state index contributed by atoms with van der Waals surface area (Å²) in [7, 11) is 0. The molecule has 7 nitrogen and oxygen atoms in total. The van der Waals surface area contributed by atoms with Gasteiger partial charge in [-0.15, -0.1) is 0 Å². The number of hydrogen-bond acceptors (Lipinski definition) is 5. The van der Waals surface area contributed by atoms with Crippen molar-refractivity contribution in [2.75, 3.05) is 6.61 Å². The summed E-state index contributed by atoms with van der Waals surface area (Å²) in [6.45, 7) is 4.44. The number of pyridine rings is 1. The van der Waals surface area contributed by atoms with Crippen LogP contribution >= 0.6 is 0 Å². The summed E-state index contributed by atoms with van der Waals surface area (Å²) in [5.41, 5.74) is -0.965. The predicted octanol–water partition coefficient (Wildman–Crippen LogP) is 2.11. The molecule has 0 aromatic carbocycles. The molecule has 1 aromatic heterocycles. The Hall–Kier alpha value is -2.18. The lowest BCUT2D eigenvalue weighted by atomic mass is 10.1. The van der Waals surface area contributed by atoms with E-state index in [1.165, 1.54) is 0 Å². The van der Waals surface area contributed by atoms with Gasteiger partial charge in [-0.1, -0.05) is 13.8 Å². The number of hydrogen-bond donors (Lipinski definition) is 1. The van der Waals surface area contributed by atoms with E-state index in [4.69, 9.17) is 9.84 Å². The summed E-state index contributed by atoms with van der Waals surface area (Å²) in [6.07, 6.45) is 1.69. The summed E-state index contributed by atoms with van der Waals surface area (Å²) in [5.74, 6) is -0.849. The monoisotopic (exact) mass is 254 g/mol. The van der Waals surface area contributed by atoms with E-state index in [-0.39, 0.29) is 5.88 Å². The lowest BCUT2D eigenvalue weighted by Gasteiger charge is -2.07. The van der Waals surface area contributed by atoms with Crippen LogP contribution in [0.3, 0.4) is 0 Å². The van der Waals surface area contributed by atoms with E-state index in [0.29, 0.717) is 12.5 Å². The molecule has 0 atom stereocenters. The topological polar surface area (TPSA) is 103 Å². The van der Waals surface area contributed by atoms with Gasteiger partial charge in [0.1, 0.15) is 11.8 Å². The Labute approximate surface area is 104 Å². The van der Waals surface area contributed by atoms with Crippen molar-refractivity contribution >= 4 is 11.7 Å². The van der Waals surface area contributed by atoms with E-state index < -0.39 is 22.1 Å². The number of nitro groups is 1. The average molecular weight is 254 g/mol.